The van der Waals surface area contributed by atoms with Crippen molar-refractivity contribution in [2.75, 3.05) is 0 Å². The highest BCUT2D eigenvalue weighted by molar-refractivity contribution is 9.10. The molecular weight excluding hydrogens is 274 g/mol. The molecule has 0 amide bonds. The first-order valence-electron chi connectivity index (χ1n) is 4.82. The quantitative estimate of drug-likeness (QED) is 0.747. The van der Waals surface area contributed by atoms with Gasteiger partial charge < -0.3 is 0 Å². The third kappa shape index (κ3) is 2.00. The van der Waals surface area contributed by atoms with Gasteiger partial charge in [-0.3, -0.25) is 0 Å². The van der Waals surface area contributed by atoms with Crippen molar-refractivity contribution in [3.8, 4) is 11.1 Å². The lowest BCUT2D eigenvalue weighted by Gasteiger charge is -2.08. The lowest BCUT2D eigenvalue weighted by Crippen LogP contribution is -1.88. The SMILES string of the molecule is FCc1cccc(-c2ccccc2F)c1Br. The predicted octanol–water partition coefficient (Wildman–Crippen LogP) is 4.72. The second-order valence-electron chi connectivity index (χ2n) is 3.39. The van der Waals surface area contributed by atoms with Gasteiger partial charge in [-0.15, -0.1) is 0 Å². The van der Waals surface area contributed by atoms with Gasteiger partial charge in [0.2, 0.25) is 0 Å². The summed E-state index contributed by atoms with van der Waals surface area (Å²) in [5.74, 6) is -0.306. The van der Waals surface area contributed by atoms with E-state index in [0.717, 1.165) is 0 Å². The molecule has 3 heteroatoms. The molecule has 0 bridgehead atoms. The van der Waals surface area contributed by atoms with Gasteiger partial charge in [-0.1, -0.05) is 36.4 Å². The Morgan fingerprint density at radius 2 is 1.62 bits per heavy atom. The maximum absolute atomic E-state index is 13.6. The van der Waals surface area contributed by atoms with E-state index >= 15 is 0 Å². The van der Waals surface area contributed by atoms with Crippen molar-refractivity contribution in [2.24, 2.45) is 0 Å². The summed E-state index contributed by atoms with van der Waals surface area (Å²) in [6, 6.07) is 11.6. The smallest absolute Gasteiger partial charge is 0.131 e. The van der Waals surface area contributed by atoms with Gasteiger partial charge in [0.05, 0.1) is 0 Å². The summed E-state index contributed by atoms with van der Waals surface area (Å²) in [6.07, 6.45) is 0. The van der Waals surface area contributed by atoms with Gasteiger partial charge >= 0.3 is 0 Å². The molecule has 0 aliphatic heterocycles. The van der Waals surface area contributed by atoms with E-state index in [4.69, 9.17) is 0 Å². The van der Waals surface area contributed by atoms with Crippen molar-refractivity contribution in [1.82, 2.24) is 0 Å². The first-order chi connectivity index (χ1) is 7.74. The molecule has 0 nitrogen and oxygen atoms in total. The van der Waals surface area contributed by atoms with E-state index in [2.05, 4.69) is 15.9 Å². The van der Waals surface area contributed by atoms with Crippen LogP contribution < -0.4 is 0 Å². The third-order valence-corrected chi connectivity index (χ3v) is 3.32. The van der Waals surface area contributed by atoms with Crippen LogP contribution in [0.15, 0.2) is 46.9 Å². The van der Waals surface area contributed by atoms with Gasteiger partial charge in [0.1, 0.15) is 12.5 Å². The van der Waals surface area contributed by atoms with E-state index in [-0.39, 0.29) is 5.82 Å². The fourth-order valence-electron chi connectivity index (χ4n) is 1.57. The van der Waals surface area contributed by atoms with Gasteiger partial charge in [0.15, 0.2) is 0 Å². The van der Waals surface area contributed by atoms with E-state index in [1.54, 1.807) is 36.4 Å². The zero-order valence-electron chi connectivity index (χ0n) is 8.38. The average molecular weight is 283 g/mol. The van der Waals surface area contributed by atoms with Crippen LogP contribution in [0, 0.1) is 5.82 Å². The molecule has 0 heterocycles. The van der Waals surface area contributed by atoms with Crippen molar-refractivity contribution in [2.45, 2.75) is 6.67 Å². The second-order valence-corrected chi connectivity index (χ2v) is 4.19. The number of hydrogen-bond acceptors (Lipinski definition) is 0. The fourth-order valence-corrected chi connectivity index (χ4v) is 2.15. The number of halogens is 3. The monoisotopic (exact) mass is 282 g/mol. The molecule has 0 spiro atoms. The molecule has 16 heavy (non-hydrogen) atoms. The lowest BCUT2D eigenvalue weighted by molar-refractivity contribution is 0.484. The summed E-state index contributed by atoms with van der Waals surface area (Å²) in [5, 5.41) is 0. The Balaban J connectivity index is 2.61. The van der Waals surface area contributed by atoms with E-state index in [1.807, 2.05) is 0 Å². The van der Waals surface area contributed by atoms with Crippen LogP contribution >= 0.6 is 15.9 Å². The summed E-state index contributed by atoms with van der Waals surface area (Å²) in [4.78, 5) is 0. The van der Waals surface area contributed by atoms with E-state index in [0.29, 0.717) is 21.2 Å². The van der Waals surface area contributed by atoms with Crippen molar-refractivity contribution in [3.05, 3.63) is 58.3 Å². The molecule has 0 saturated heterocycles. The van der Waals surface area contributed by atoms with Crippen LogP contribution in [0.3, 0.4) is 0 Å². The van der Waals surface area contributed by atoms with Crippen LogP contribution in [0.2, 0.25) is 0 Å². The van der Waals surface area contributed by atoms with E-state index in [9.17, 15) is 8.78 Å². The van der Waals surface area contributed by atoms with Crippen molar-refractivity contribution < 1.29 is 8.78 Å². The van der Waals surface area contributed by atoms with Crippen LogP contribution in [0.1, 0.15) is 5.56 Å². The molecule has 0 fully saturated rings. The predicted molar refractivity (Wildman–Crippen MR) is 64.3 cm³/mol. The molecule has 0 N–H and O–H groups in total. The Hall–Kier alpha value is -1.22. The minimum Gasteiger partial charge on any atom is -0.246 e. The molecule has 0 aliphatic carbocycles. The Morgan fingerprint density at radius 3 is 2.31 bits per heavy atom. The Kier molecular flexibility index (Phi) is 3.34. The molecule has 2 aromatic rings. The van der Waals surface area contributed by atoms with Crippen LogP contribution in [0.25, 0.3) is 11.1 Å². The van der Waals surface area contributed by atoms with E-state index < -0.39 is 6.67 Å². The highest BCUT2D eigenvalue weighted by Crippen LogP contribution is 2.32. The molecule has 82 valence electrons. The minimum absolute atomic E-state index is 0.306. The van der Waals surface area contributed by atoms with Crippen LogP contribution in [-0.2, 0) is 6.67 Å². The highest BCUT2D eigenvalue weighted by Gasteiger charge is 2.10. The normalized spacial score (nSPS) is 10.4. The molecule has 0 saturated carbocycles. The number of alkyl halides is 1. The second kappa shape index (κ2) is 4.74. The molecule has 0 unspecified atom stereocenters. The van der Waals surface area contributed by atoms with E-state index in [1.165, 1.54) is 6.07 Å². The standard InChI is InChI=1S/C13H9BrF2/c14-13-9(8-15)4-3-6-11(13)10-5-1-2-7-12(10)16/h1-7H,8H2. The molecule has 0 aromatic heterocycles. The fraction of sp³-hybridized carbons (Fsp3) is 0.0769. The summed E-state index contributed by atoms with van der Waals surface area (Å²) >= 11 is 3.31. The van der Waals surface area contributed by atoms with Crippen molar-refractivity contribution >= 4 is 15.9 Å². The molecular formula is C13H9BrF2. The molecule has 0 aliphatic rings. The zero-order chi connectivity index (χ0) is 11.5. The van der Waals surface area contributed by atoms with Gasteiger partial charge in [-0.05, 0) is 33.1 Å². The Bertz CT molecular complexity index is 509. The van der Waals surface area contributed by atoms with Crippen molar-refractivity contribution in [3.63, 3.8) is 0 Å². The number of rotatable bonds is 2. The lowest BCUT2D eigenvalue weighted by atomic mass is 10.0. The van der Waals surface area contributed by atoms with Crippen LogP contribution in [0.4, 0.5) is 8.78 Å². The highest BCUT2D eigenvalue weighted by atomic mass is 79.9. The maximum atomic E-state index is 13.6. The van der Waals surface area contributed by atoms with Gasteiger partial charge in [-0.25, -0.2) is 8.78 Å². The van der Waals surface area contributed by atoms with Gasteiger partial charge in [0, 0.05) is 10.0 Å². The summed E-state index contributed by atoms with van der Waals surface area (Å²) in [6.45, 7) is -0.567. The maximum Gasteiger partial charge on any atom is 0.131 e. The molecule has 2 rings (SSSR count). The van der Waals surface area contributed by atoms with Gasteiger partial charge in [0.25, 0.3) is 0 Å². The first-order valence-corrected chi connectivity index (χ1v) is 5.61. The molecule has 0 radical (unpaired) electrons. The molecule has 2 aromatic carbocycles. The number of benzene rings is 2. The Labute approximate surface area is 101 Å². The minimum atomic E-state index is -0.567. The third-order valence-electron chi connectivity index (χ3n) is 2.39. The largest absolute Gasteiger partial charge is 0.246 e. The summed E-state index contributed by atoms with van der Waals surface area (Å²) in [5.41, 5.74) is 1.68. The zero-order valence-corrected chi connectivity index (χ0v) is 9.97. The average Bonchev–Trinajstić information content (AvgIpc) is 2.31. The van der Waals surface area contributed by atoms with Crippen molar-refractivity contribution in [1.29, 1.82) is 0 Å². The van der Waals surface area contributed by atoms with Crippen LogP contribution in [0.5, 0.6) is 0 Å². The first kappa shape index (κ1) is 11.3. The van der Waals surface area contributed by atoms with Gasteiger partial charge in [-0.2, -0.15) is 0 Å². The topological polar surface area (TPSA) is 0 Å². The molecule has 0 atom stereocenters. The summed E-state index contributed by atoms with van der Waals surface area (Å²) < 4.78 is 26.8. The Morgan fingerprint density at radius 1 is 0.938 bits per heavy atom. The summed E-state index contributed by atoms with van der Waals surface area (Å²) in [7, 11) is 0. The van der Waals surface area contributed by atoms with Crippen LogP contribution in [-0.4, -0.2) is 0 Å². The number of hydrogen-bond donors (Lipinski definition) is 0.